The van der Waals surface area contributed by atoms with Gasteiger partial charge in [0.2, 0.25) is 0 Å². The lowest BCUT2D eigenvalue weighted by Gasteiger charge is -2.26. The van der Waals surface area contributed by atoms with E-state index in [9.17, 15) is 9.90 Å². The van der Waals surface area contributed by atoms with Crippen molar-refractivity contribution in [2.75, 3.05) is 6.61 Å². The van der Waals surface area contributed by atoms with E-state index in [-0.39, 0.29) is 18.4 Å². The van der Waals surface area contributed by atoms with Gasteiger partial charge in [-0.3, -0.25) is 4.79 Å². The predicted octanol–water partition coefficient (Wildman–Crippen LogP) is 2.71. The Morgan fingerprint density at radius 1 is 1.06 bits per heavy atom. The van der Waals surface area contributed by atoms with E-state index in [1.165, 1.54) is 5.56 Å². The van der Waals surface area contributed by atoms with Crippen molar-refractivity contribution >= 4 is 5.97 Å². The van der Waals surface area contributed by atoms with Crippen molar-refractivity contribution in [3.8, 4) is 0 Å². The zero-order valence-electron chi connectivity index (χ0n) is 11.5. The molecule has 1 rings (SSSR count). The van der Waals surface area contributed by atoms with Crippen LogP contribution in [0.2, 0.25) is 0 Å². The highest BCUT2D eigenvalue weighted by atomic mass is 16.4. The molecule has 0 aliphatic heterocycles. The Morgan fingerprint density at radius 3 is 1.83 bits per heavy atom. The molecule has 0 spiro atoms. The molecule has 0 saturated carbocycles. The third-order valence-corrected chi connectivity index (χ3v) is 3.47. The monoisotopic (exact) mass is 250 g/mol. The van der Waals surface area contributed by atoms with E-state index >= 15 is 0 Å². The molecule has 1 atom stereocenters. The van der Waals surface area contributed by atoms with Gasteiger partial charge in [-0.25, -0.2) is 0 Å². The molecule has 0 bridgehead atoms. The lowest BCUT2D eigenvalue weighted by molar-refractivity contribution is -0.143. The average molecular weight is 250 g/mol. The van der Waals surface area contributed by atoms with Gasteiger partial charge in [0.25, 0.3) is 0 Å². The highest BCUT2D eigenvalue weighted by molar-refractivity contribution is 5.80. The van der Waals surface area contributed by atoms with Crippen LogP contribution in [0, 0.1) is 0 Å². The molecule has 18 heavy (non-hydrogen) atoms. The van der Waals surface area contributed by atoms with Crippen molar-refractivity contribution in [1.29, 1.82) is 0 Å². The van der Waals surface area contributed by atoms with Gasteiger partial charge in [-0.15, -0.1) is 0 Å². The van der Waals surface area contributed by atoms with Crippen LogP contribution in [-0.4, -0.2) is 22.8 Å². The Balaban J connectivity index is 3.13. The van der Waals surface area contributed by atoms with Crippen LogP contribution in [0.1, 0.15) is 45.2 Å². The Kier molecular flexibility index (Phi) is 4.17. The summed E-state index contributed by atoms with van der Waals surface area (Å²) < 4.78 is 0. The number of benzene rings is 1. The molecule has 3 nitrogen and oxygen atoms in total. The van der Waals surface area contributed by atoms with E-state index in [1.807, 2.05) is 24.3 Å². The smallest absolute Gasteiger partial charge is 0.313 e. The second kappa shape index (κ2) is 5.11. The second-order valence-corrected chi connectivity index (χ2v) is 5.94. The number of carboxylic acid groups (broad SMARTS) is 1. The summed E-state index contributed by atoms with van der Waals surface area (Å²) in [6.07, 6.45) is 0.219. The Hall–Kier alpha value is -1.35. The van der Waals surface area contributed by atoms with Gasteiger partial charge in [0.05, 0.1) is 5.41 Å². The second-order valence-electron chi connectivity index (χ2n) is 5.94. The molecule has 0 heterocycles. The predicted molar refractivity (Wildman–Crippen MR) is 71.8 cm³/mol. The van der Waals surface area contributed by atoms with E-state index in [0.29, 0.717) is 0 Å². The zero-order chi connectivity index (χ0) is 14.0. The van der Waals surface area contributed by atoms with Crippen molar-refractivity contribution in [2.45, 2.75) is 44.9 Å². The van der Waals surface area contributed by atoms with Gasteiger partial charge in [-0.05, 0) is 29.9 Å². The number of carbonyl (C=O) groups is 1. The van der Waals surface area contributed by atoms with E-state index in [0.717, 1.165) is 5.56 Å². The number of hydrogen-bond donors (Lipinski definition) is 2. The van der Waals surface area contributed by atoms with Gasteiger partial charge < -0.3 is 10.2 Å². The third kappa shape index (κ3) is 2.91. The number of aliphatic hydroxyl groups excluding tert-OH is 1. The topological polar surface area (TPSA) is 57.5 Å². The number of hydrogen-bond acceptors (Lipinski definition) is 2. The molecule has 0 saturated heterocycles. The molecule has 0 aromatic heterocycles. The zero-order valence-corrected chi connectivity index (χ0v) is 11.5. The van der Waals surface area contributed by atoms with Gasteiger partial charge >= 0.3 is 5.97 Å². The summed E-state index contributed by atoms with van der Waals surface area (Å²) in [6, 6.07) is 7.64. The molecule has 0 aliphatic carbocycles. The number of aliphatic hydroxyl groups is 1. The highest BCUT2D eigenvalue weighted by Gasteiger charge is 2.34. The maximum absolute atomic E-state index is 11.4. The lowest BCUT2D eigenvalue weighted by Crippen LogP contribution is -2.33. The minimum Gasteiger partial charge on any atom is -0.481 e. The van der Waals surface area contributed by atoms with Crippen LogP contribution in [0.3, 0.4) is 0 Å². The summed E-state index contributed by atoms with van der Waals surface area (Å²) in [5.41, 5.74) is 0.931. The summed E-state index contributed by atoms with van der Waals surface area (Å²) >= 11 is 0. The maximum atomic E-state index is 11.4. The first-order chi connectivity index (χ1) is 8.21. The van der Waals surface area contributed by atoms with E-state index < -0.39 is 11.4 Å². The normalized spacial score (nSPS) is 15.2. The fourth-order valence-corrected chi connectivity index (χ4v) is 1.94. The van der Waals surface area contributed by atoms with E-state index in [4.69, 9.17) is 5.11 Å². The van der Waals surface area contributed by atoms with Crippen LogP contribution in [-0.2, 0) is 15.6 Å². The molecule has 0 fully saturated rings. The Morgan fingerprint density at radius 2 is 1.50 bits per heavy atom. The fourth-order valence-electron chi connectivity index (χ4n) is 1.94. The van der Waals surface area contributed by atoms with Crippen molar-refractivity contribution in [1.82, 2.24) is 0 Å². The Bertz CT molecular complexity index is 414. The molecule has 0 amide bonds. The molecule has 2 N–H and O–H groups in total. The van der Waals surface area contributed by atoms with Crippen molar-refractivity contribution in [3.05, 3.63) is 35.4 Å². The molecular weight excluding hydrogens is 228 g/mol. The van der Waals surface area contributed by atoms with Gasteiger partial charge in [-0.2, -0.15) is 0 Å². The minimum atomic E-state index is -1.02. The summed E-state index contributed by atoms with van der Waals surface area (Å²) in [4.78, 5) is 11.4. The summed E-state index contributed by atoms with van der Waals surface area (Å²) in [6.45, 7) is 7.87. The highest BCUT2D eigenvalue weighted by Crippen LogP contribution is 2.30. The van der Waals surface area contributed by atoms with Crippen molar-refractivity contribution in [2.24, 2.45) is 0 Å². The van der Waals surface area contributed by atoms with Crippen LogP contribution in [0.15, 0.2) is 24.3 Å². The molecular formula is C15H22O3. The molecule has 0 aliphatic rings. The largest absolute Gasteiger partial charge is 0.481 e. The first kappa shape index (κ1) is 14.7. The first-order valence-corrected chi connectivity index (χ1v) is 6.17. The lowest BCUT2D eigenvalue weighted by atomic mass is 9.78. The standard InChI is InChI=1S/C15H22O3/c1-14(2,3)11-5-7-12(8-6-11)15(4,9-10-16)13(17)18/h5-8,16H,9-10H2,1-4H3,(H,17,18). The van der Waals surface area contributed by atoms with Crippen LogP contribution in [0.5, 0.6) is 0 Å². The van der Waals surface area contributed by atoms with Crippen LogP contribution >= 0.6 is 0 Å². The molecule has 3 heteroatoms. The fraction of sp³-hybridized carbons (Fsp3) is 0.533. The van der Waals surface area contributed by atoms with Gasteiger partial charge in [0.1, 0.15) is 0 Å². The van der Waals surface area contributed by atoms with Gasteiger partial charge in [0, 0.05) is 6.61 Å². The average Bonchev–Trinajstić information content (AvgIpc) is 2.28. The number of carboxylic acids is 1. The summed E-state index contributed by atoms with van der Waals surface area (Å²) in [5, 5.41) is 18.4. The quantitative estimate of drug-likeness (QED) is 0.863. The molecule has 1 unspecified atom stereocenters. The van der Waals surface area contributed by atoms with Crippen molar-refractivity contribution < 1.29 is 15.0 Å². The van der Waals surface area contributed by atoms with E-state index in [1.54, 1.807) is 6.92 Å². The van der Waals surface area contributed by atoms with Crippen LogP contribution in [0.25, 0.3) is 0 Å². The molecule has 1 aromatic carbocycles. The van der Waals surface area contributed by atoms with Gasteiger partial charge in [0.15, 0.2) is 0 Å². The molecule has 1 aromatic rings. The third-order valence-electron chi connectivity index (χ3n) is 3.47. The molecule has 0 radical (unpaired) electrons. The minimum absolute atomic E-state index is 0.0507. The number of rotatable bonds is 4. The SMILES string of the molecule is CC(C)(C)c1ccc(C(C)(CCO)C(=O)O)cc1. The van der Waals surface area contributed by atoms with Gasteiger partial charge in [-0.1, -0.05) is 45.0 Å². The first-order valence-electron chi connectivity index (χ1n) is 6.17. The van der Waals surface area contributed by atoms with Crippen LogP contribution < -0.4 is 0 Å². The summed E-state index contributed by atoms with van der Waals surface area (Å²) in [5.74, 6) is -0.903. The summed E-state index contributed by atoms with van der Waals surface area (Å²) in [7, 11) is 0. The molecule has 100 valence electrons. The Labute approximate surface area is 108 Å². The van der Waals surface area contributed by atoms with Crippen LogP contribution in [0.4, 0.5) is 0 Å². The van der Waals surface area contributed by atoms with E-state index in [2.05, 4.69) is 20.8 Å². The number of aliphatic carboxylic acids is 1. The van der Waals surface area contributed by atoms with Crippen molar-refractivity contribution in [3.63, 3.8) is 0 Å². The maximum Gasteiger partial charge on any atom is 0.313 e.